The van der Waals surface area contributed by atoms with Gasteiger partial charge in [-0.3, -0.25) is 0 Å². The van der Waals surface area contributed by atoms with Gasteiger partial charge in [0.15, 0.2) is 0 Å². The maximum absolute atomic E-state index is 3.63. The summed E-state index contributed by atoms with van der Waals surface area (Å²) in [5, 5.41) is 0. The summed E-state index contributed by atoms with van der Waals surface area (Å²) in [6.45, 7) is 4.40. The number of halogens is 1. The van der Waals surface area contributed by atoms with Crippen molar-refractivity contribution in [2.45, 2.75) is 39.2 Å². The lowest BCUT2D eigenvalue weighted by Gasteiger charge is -2.34. The quantitative estimate of drug-likeness (QED) is 0.314. The van der Waals surface area contributed by atoms with Crippen LogP contribution >= 0.6 is 15.9 Å². The largest absolute Gasteiger partial charge is 0.340 e. The molecule has 0 bridgehead atoms. The first-order valence-corrected chi connectivity index (χ1v) is 13.8. The number of rotatable bonds is 5. The SMILES string of the molecule is Cc1cc(Br)ccc1-c1cc(N(C2=CCC3C(=C2)C=CN3c2ccccc2)C2=CC=CCC2)ccc1C. The fourth-order valence-electron chi connectivity index (χ4n) is 5.65. The Bertz CT molecular complexity index is 1490. The molecule has 0 radical (unpaired) electrons. The van der Waals surface area contributed by atoms with E-state index in [4.69, 9.17) is 0 Å². The van der Waals surface area contributed by atoms with Crippen LogP contribution < -0.4 is 9.80 Å². The second-order valence-corrected chi connectivity index (χ2v) is 10.9. The minimum atomic E-state index is 0.354. The van der Waals surface area contributed by atoms with Gasteiger partial charge in [0.05, 0.1) is 6.04 Å². The molecule has 2 nitrogen and oxygen atoms in total. The molecule has 0 fully saturated rings. The number of nitrogens with zero attached hydrogens (tertiary/aromatic N) is 2. The Labute approximate surface area is 228 Å². The maximum atomic E-state index is 3.63. The van der Waals surface area contributed by atoms with Crippen molar-refractivity contribution in [2.24, 2.45) is 0 Å². The average Bonchev–Trinajstić information content (AvgIpc) is 3.35. The molecule has 3 aliphatic rings. The highest BCUT2D eigenvalue weighted by Crippen LogP contribution is 2.39. The molecular weight excluding hydrogens is 516 g/mol. The number of para-hydroxylation sites is 1. The number of aryl methyl sites for hydroxylation is 2. The molecule has 184 valence electrons. The maximum Gasteiger partial charge on any atom is 0.0622 e. The predicted octanol–water partition coefficient (Wildman–Crippen LogP) is 9.39. The topological polar surface area (TPSA) is 6.48 Å². The molecule has 1 heterocycles. The zero-order valence-corrected chi connectivity index (χ0v) is 22.9. The average molecular weight is 548 g/mol. The van der Waals surface area contributed by atoms with Gasteiger partial charge >= 0.3 is 0 Å². The van der Waals surface area contributed by atoms with Gasteiger partial charge in [0.2, 0.25) is 0 Å². The van der Waals surface area contributed by atoms with E-state index in [0.717, 1.165) is 23.7 Å². The van der Waals surface area contributed by atoms with E-state index in [0.29, 0.717) is 6.04 Å². The summed E-state index contributed by atoms with van der Waals surface area (Å²) in [5.41, 5.74) is 11.6. The van der Waals surface area contributed by atoms with E-state index in [1.165, 1.54) is 50.6 Å². The normalized spacial score (nSPS) is 18.3. The van der Waals surface area contributed by atoms with Crippen LogP contribution in [0.15, 0.2) is 131 Å². The van der Waals surface area contributed by atoms with Crippen molar-refractivity contribution >= 4 is 27.3 Å². The van der Waals surface area contributed by atoms with Crippen LogP contribution in [0.25, 0.3) is 11.1 Å². The van der Waals surface area contributed by atoms with E-state index >= 15 is 0 Å². The first-order chi connectivity index (χ1) is 18.1. The van der Waals surface area contributed by atoms with E-state index in [1.54, 1.807) is 0 Å². The Hall–Kier alpha value is -3.56. The third kappa shape index (κ3) is 4.65. The monoisotopic (exact) mass is 546 g/mol. The Kier molecular flexibility index (Phi) is 6.48. The standard InChI is InChI=1S/C34H31BrN2/c1-24-13-15-31(23-33(24)32-17-14-27(35)21-25(32)2)37(29-11-7-4-8-12-29)30-16-18-34-26(22-30)19-20-36(34)28-9-5-3-6-10-28/h3-7,9-11,13-17,19-23,34H,8,12,18H2,1-2H3. The van der Waals surface area contributed by atoms with Gasteiger partial charge in [-0.15, -0.1) is 0 Å². The molecule has 37 heavy (non-hydrogen) atoms. The number of fused-ring (bicyclic) bond motifs is 1. The van der Waals surface area contributed by atoms with Gasteiger partial charge in [-0.1, -0.05) is 64.5 Å². The lowest BCUT2D eigenvalue weighted by molar-refractivity contribution is 0.765. The van der Waals surface area contributed by atoms with Gasteiger partial charge in [-0.2, -0.15) is 0 Å². The summed E-state index contributed by atoms with van der Waals surface area (Å²) in [5.74, 6) is 0. The van der Waals surface area contributed by atoms with Crippen LogP contribution in [-0.4, -0.2) is 6.04 Å². The number of hydrogen-bond acceptors (Lipinski definition) is 2. The van der Waals surface area contributed by atoms with E-state index < -0.39 is 0 Å². The lowest BCUT2D eigenvalue weighted by atomic mass is 9.94. The molecule has 1 atom stereocenters. The first-order valence-electron chi connectivity index (χ1n) is 13.0. The van der Waals surface area contributed by atoms with Gasteiger partial charge in [-0.05, 0) is 116 Å². The van der Waals surface area contributed by atoms with Crippen molar-refractivity contribution in [1.82, 2.24) is 0 Å². The zero-order valence-electron chi connectivity index (χ0n) is 21.4. The zero-order chi connectivity index (χ0) is 25.4. The van der Waals surface area contributed by atoms with Crippen molar-refractivity contribution in [3.05, 3.63) is 142 Å². The number of hydrogen-bond donors (Lipinski definition) is 0. The molecule has 0 N–H and O–H groups in total. The Morgan fingerprint density at radius 2 is 1.78 bits per heavy atom. The molecule has 0 saturated carbocycles. The van der Waals surface area contributed by atoms with Crippen molar-refractivity contribution in [2.75, 3.05) is 9.80 Å². The third-order valence-corrected chi connectivity index (χ3v) is 8.06. The molecule has 1 unspecified atom stereocenters. The summed E-state index contributed by atoms with van der Waals surface area (Å²) >= 11 is 3.63. The molecule has 0 aromatic heterocycles. The van der Waals surface area contributed by atoms with Gasteiger partial charge < -0.3 is 9.80 Å². The number of benzene rings is 3. The smallest absolute Gasteiger partial charge is 0.0622 e. The van der Waals surface area contributed by atoms with E-state index in [9.17, 15) is 0 Å². The molecule has 1 aliphatic heterocycles. The van der Waals surface area contributed by atoms with Crippen LogP contribution in [0.4, 0.5) is 11.4 Å². The van der Waals surface area contributed by atoms with Gasteiger partial charge in [0.1, 0.15) is 0 Å². The summed E-state index contributed by atoms with van der Waals surface area (Å²) in [4.78, 5) is 4.87. The third-order valence-electron chi connectivity index (χ3n) is 7.56. The molecule has 2 aliphatic carbocycles. The van der Waals surface area contributed by atoms with Crippen LogP contribution in [0.2, 0.25) is 0 Å². The summed E-state index contributed by atoms with van der Waals surface area (Å²) in [7, 11) is 0. The van der Waals surface area contributed by atoms with Gasteiger partial charge in [0, 0.05) is 33.4 Å². The molecule has 0 amide bonds. The number of allylic oxidation sites excluding steroid dienone is 5. The van der Waals surface area contributed by atoms with Crippen LogP contribution in [0.3, 0.4) is 0 Å². The van der Waals surface area contributed by atoms with Gasteiger partial charge in [-0.25, -0.2) is 0 Å². The molecule has 3 aromatic rings. The van der Waals surface area contributed by atoms with Crippen molar-refractivity contribution < 1.29 is 0 Å². The minimum Gasteiger partial charge on any atom is -0.340 e. The van der Waals surface area contributed by atoms with E-state index in [1.807, 2.05) is 0 Å². The van der Waals surface area contributed by atoms with Crippen molar-refractivity contribution in [3.63, 3.8) is 0 Å². The highest BCUT2D eigenvalue weighted by atomic mass is 79.9. The van der Waals surface area contributed by atoms with Crippen LogP contribution in [-0.2, 0) is 0 Å². The number of anilines is 2. The first kappa shape index (κ1) is 23.8. The fourth-order valence-corrected chi connectivity index (χ4v) is 6.12. The molecule has 3 aromatic carbocycles. The molecule has 0 spiro atoms. The highest BCUT2D eigenvalue weighted by molar-refractivity contribution is 9.10. The van der Waals surface area contributed by atoms with Crippen LogP contribution in [0.1, 0.15) is 30.4 Å². The Morgan fingerprint density at radius 1 is 0.919 bits per heavy atom. The predicted molar refractivity (Wildman–Crippen MR) is 161 cm³/mol. The fraction of sp³-hybridized carbons (Fsp3) is 0.176. The Balaban J connectivity index is 1.39. The van der Waals surface area contributed by atoms with Crippen molar-refractivity contribution in [3.8, 4) is 11.1 Å². The second-order valence-electron chi connectivity index (χ2n) is 10.0. The molecule has 3 heteroatoms. The van der Waals surface area contributed by atoms with Gasteiger partial charge in [0.25, 0.3) is 0 Å². The van der Waals surface area contributed by atoms with E-state index in [-0.39, 0.29) is 0 Å². The minimum absolute atomic E-state index is 0.354. The van der Waals surface area contributed by atoms with Crippen LogP contribution in [0.5, 0.6) is 0 Å². The van der Waals surface area contributed by atoms with Crippen LogP contribution in [0, 0.1) is 13.8 Å². The highest BCUT2D eigenvalue weighted by Gasteiger charge is 2.29. The lowest BCUT2D eigenvalue weighted by Crippen LogP contribution is -2.31. The second kappa shape index (κ2) is 10.1. The summed E-state index contributed by atoms with van der Waals surface area (Å²) in [6.07, 6.45) is 19.1. The molecular formula is C34H31BrN2. The van der Waals surface area contributed by atoms with E-state index in [2.05, 4.69) is 149 Å². The molecule has 0 saturated heterocycles. The Morgan fingerprint density at radius 3 is 2.57 bits per heavy atom. The van der Waals surface area contributed by atoms with Crippen molar-refractivity contribution in [1.29, 1.82) is 0 Å². The summed E-state index contributed by atoms with van der Waals surface area (Å²) in [6, 6.07) is 24.5. The molecule has 6 rings (SSSR count). The summed E-state index contributed by atoms with van der Waals surface area (Å²) < 4.78 is 1.12.